The number of hydrogen-bond acceptors (Lipinski definition) is 4. The van der Waals surface area contributed by atoms with Crippen LogP contribution in [0.15, 0.2) is 18.5 Å². The molecule has 5 heteroatoms. The molecule has 2 N–H and O–H groups in total. The van der Waals surface area contributed by atoms with Gasteiger partial charge in [0.15, 0.2) is 0 Å². The van der Waals surface area contributed by atoms with Crippen LogP contribution < -0.4 is 0 Å². The van der Waals surface area contributed by atoms with E-state index in [1.54, 1.807) is 0 Å². The van der Waals surface area contributed by atoms with E-state index < -0.39 is 6.10 Å². The lowest BCUT2D eigenvalue weighted by Crippen LogP contribution is -2.36. The van der Waals surface area contributed by atoms with Gasteiger partial charge in [-0.25, -0.2) is 0 Å². The molecule has 2 rings (SSSR count). The number of rotatable bonds is 3. The molecule has 1 aliphatic heterocycles. The fourth-order valence-corrected chi connectivity index (χ4v) is 2.13. The summed E-state index contributed by atoms with van der Waals surface area (Å²) >= 11 is 0. The number of aromatic amines is 1. The van der Waals surface area contributed by atoms with Crippen molar-refractivity contribution in [3.05, 3.63) is 24.0 Å². The van der Waals surface area contributed by atoms with Crippen LogP contribution in [0.5, 0.6) is 0 Å². The van der Waals surface area contributed by atoms with Crippen molar-refractivity contribution in [1.29, 1.82) is 0 Å². The lowest BCUT2D eigenvalue weighted by Gasteiger charge is -2.21. The van der Waals surface area contributed by atoms with E-state index in [9.17, 15) is 9.90 Å². The van der Waals surface area contributed by atoms with E-state index in [0.717, 1.165) is 5.56 Å². The highest BCUT2D eigenvalue weighted by atomic mass is 16.5. The summed E-state index contributed by atoms with van der Waals surface area (Å²) in [6, 6.07) is 1.63. The standard InChI is InChI=1S/C11H16N2O3/c1-16-11(15)10-4-9(14)7-13(10)6-8-2-3-12-5-8/h2-3,5,9-10,12,14H,4,6-7H2,1H3/t9-,10-/m0/s1. The Bertz CT molecular complexity index is 350. The number of H-pyrrole nitrogens is 1. The van der Waals surface area contributed by atoms with Gasteiger partial charge in [-0.15, -0.1) is 0 Å². The number of β-amino-alcohol motifs (C(OH)–C–C–N with tert-alkyl or cyclic N) is 1. The maximum Gasteiger partial charge on any atom is 0.323 e. The molecule has 16 heavy (non-hydrogen) atoms. The van der Waals surface area contributed by atoms with Crippen molar-refractivity contribution in [2.75, 3.05) is 13.7 Å². The molecule has 0 spiro atoms. The van der Waals surface area contributed by atoms with E-state index in [0.29, 0.717) is 19.5 Å². The number of esters is 1. The average Bonchev–Trinajstić information content (AvgIpc) is 2.88. The van der Waals surface area contributed by atoms with E-state index >= 15 is 0 Å². The molecule has 0 amide bonds. The summed E-state index contributed by atoms with van der Waals surface area (Å²) in [7, 11) is 1.38. The molecule has 0 aromatic carbocycles. The molecule has 1 aromatic heterocycles. The van der Waals surface area contributed by atoms with Gasteiger partial charge in [0.1, 0.15) is 6.04 Å². The Labute approximate surface area is 94.0 Å². The summed E-state index contributed by atoms with van der Waals surface area (Å²) in [6.45, 7) is 1.17. The van der Waals surface area contributed by atoms with Crippen LogP contribution in [0.25, 0.3) is 0 Å². The Kier molecular flexibility index (Phi) is 3.26. The monoisotopic (exact) mass is 224 g/mol. The highest BCUT2D eigenvalue weighted by Gasteiger charge is 2.36. The van der Waals surface area contributed by atoms with Gasteiger partial charge in [0.25, 0.3) is 0 Å². The van der Waals surface area contributed by atoms with Crippen LogP contribution >= 0.6 is 0 Å². The summed E-state index contributed by atoms with van der Waals surface area (Å²) in [6.07, 6.45) is 3.74. The number of ether oxygens (including phenoxy) is 1. The van der Waals surface area contributed by atoms with Crippen LogP contribution in [0.4, 0.5) is 0 Å². The largest absolute Gasteiger partial charge is 0.468 e. The highest BCUT2D eigenvalue weighted by Crippen LogP contribution is 2.21. The van der Waals surface area contributed by atoms with Crippen molar-refractivity contribution >= 4 is 5.97 Å². The fraction of sp³-hybridized carbons (Fsp3) is 0.545. The minimum atomic E-state index is -0.442. The molecule has 5 nitrogen and oxygen atoms in total. The van der Waals surface area contributed by atoms with Crippen molar-refractivity contribution in [3.63, 3.8) is 0 Å². The molecule has 88 valence electrons. The summed E-state index contributed by atoms with van der Waals surface area (Å²) in [5.74, 6) is -0.271. The predicted molar refractivity (Wildman–Crippen MR) is 57.6 cm³/mol. The number of hydrogen-bond donors (Lipinski definition) is 2. The Morgan fingerprint density at radius 1 is 1.75 bits per heavy atom. The minimum Gasteiger partial charge on any atom is -0.468 e. The third-order valence-electron chi connectivity index (χ3n) is 2.90. The molecule has 0 bridgehead atoms. The number of nitrogens with zero attached hydrogens (tertiary/aromatic N) is 1. The molecule has 2 heterocycles. The molecular formula is C11H16N2O3. The quantitative estimate of drug-likeness (QED) is 0.716. The second-order valence-corrected chi connectivity index (χ2v) is 4.08. The van der Waals surface area contributed by atoms with Gasteiger partial charge in [-0.05, 0) is 11.6 Å². The zero-order chi connectivity index (χ0) is 11.5. The van der Waals surface area contributed by atoms with Crippen molar-refractivity contribution in [1.82, 2.24) is 9.88 Å². The van der Waals surface area contributed by atoms with Crippen LogP contribution in [0.2, 0.25) is 0 Å². The zero-order valence-corrected chi connectivity index (χ0v) is 9.22. The highest BCUT2D eigenvalue weighted by molar-refractivity contribution is 5.76. The van der Waals surface area contributed by atoms with E-state index in [2.05, 4.69) is 4.98 Å². The maximum absolute atomic E-state index is 11.5. The number of aromatic nitrogens is 1. The lowest BCUT2D eigenvalue weighted by molar-refractivity contribution is -0.146. The lowest BCUT2D eigenvalue weighted by atomic mass is 10.2. The van der Waals surface area contributed by atoms with Gasteiger partial charge >= 0.3 is 5.97 Å². The van der Waals surface area contributed by atoms with Crippen LogP contribution in [0.1, 0.15) is 12.0 Å². The Hall–Kier alpha value is -1.33. The summed E-state index contributed by atoms with van der Waals surface area (Å²) < 4.78 is 4.73. The maximum atomic E-state index is 11.5. The van der Waals surface area contributed by atoms with Gasteiger partial charge in [-0.1, -0.05) is 0 Å². The summed E-state index contributed by atoms with van der Waals surface area (Å²) in [4.78, 5) is 16.4. The Morgan fingerprint density at radius 3 is 3.19 bits per heavy atom. The molecule has 1 fully saturated rings. The topological polar surface area (TPSA) is 65.6 Å². The van der Waals surface area contributed by atoms with Crippen molar-refractivity contribution < 1.29 is 14.6 Å². The minimum absolute atomic E-state index is 0.271. The van der Waals surface area contributed by atoms with Crippen molar-refractivity contribution in [2.45, 2.75) is 25.1 Å². The zero-order valence-electron chi connectivity index (χ0n) is 9.22. The Balaban J connectivity index is 2.04. The van der Waals surface area contributed by atoms with Gasteiger partial charge in [-0.3, -0.25) is 9.69 Å². The molecule has 1 aromatic rings. The van der Waals surface area contributed by atoms with Crippen molar-refractivity contribution in [3.8, 4) is 0 Å². The molecule has 1 aliphatic rings. The summed E-state index contributed by atoms with van der Waals surface area (Å²) in [5.41, 5.74) is 1.10. The van der Waals surface area contributed by atoms with Gasteiger partial charge in [0.2, 0.25) is 0 Å². The number of likely N-dealkylation sites (tertiary alicyclic amines) is 1. The Morgan fingerprint density at radius 2 is 2.56 bits per heavy atom. The second kappa shape index (κ2) is 4.67. The third kappa shape index (κ3) is 2.25. The third-order valence-corrected chi connectivity index (χ3v) is 2.90. The normalized spacial score (nSPS) is 25.9. The molecule has 2 atom stereocenters. The predicted octanol–water partition coefficient (Wildman–Crippen LogP) is 0.123. The van der Waals surface area contributed by atoms with Crippen LogP contribution in [0.3, 0.4) is 0 Å². The van der Waals surface area contributed by atoms with E-state index in [1.807, 2.05) is 23.4 Å². The molecular weight excluding hydrogens is 208 g/mol. The van der Waals surface area contributed by atoms with E-state index in [-0.39, 0.29) is 12.0 Å². The van der Waals surface area contributed by atoms with Gasteiger partial charge in [-0.2, -0.15) is 0 Å². The molecule has 0 aliphatic carbocycles. The number of nitrogens with one attached hydrogen (secondary N) is 1. The van der Waals surface area contributed by atoms with Crippen LogP contribution in [-0.2, 0) is 16.1 Å². The second-order valence-electron chi connectivity index (χ2n) is 4.08. The number of carbonyl (C=O) groups is 1. The molecule has 1 saturated heterocycles. The van der Waals surface area contributed by atoms with E-state index in [1.165, 1.54) is 7.11 Å². The SMILES string of the molecule is COC(=O)[C@@H]1C[C@H](O)CN1Cc1cc[nH]c1. The molecule has 0 saturated carbocycles. The molecule has 0 unspecified atom stereocenters. The number of carbonyl (C=O) groups excluding carboxylic acids is 1. The molecule has 0 radical (unpaired) electrons. The smallest absolute Gasteiger partial charge is 0.323 e. The first kappa shape index (κ1) is 11.2. The average molecular weight is 224 g/mol. The fourth-order valence-electron chi connectivity index (χ4n) is 2.13. The van der Waals surface area contributed by atoms with Crippen LogP contribution in [-0.4, -0.2) is 46.8 Å². The number of aliphatic hydroxyl groups is 1. The van der Waals surface area contributed by atoms with Gasteiger partial charge < -0.3 is 14.8 Å². The number of methoxy groups -OCH3 is 1. The van der Waals surface area contributed by atoms with E-state index in [4.69, 9.17) is 4.74 Å². The van der Waals surface area contributed by atoms with Gasteiger partial charge in [0.05, 0.1) is 13.2 Å². The first-order valence-corrected chi connectivity index (χ1v) is 5.32. The first-order chi connectivity index (χ1) is 7.70. The summed E-state index contributed by atoms with van der Waals surface area (Å²) in [5, 5.41) is 9.59. The first-order valence-electron chi connectivity index (χ1n) is 5.32. The van der Waals surface area contributed by atoms with Crippen molar-refractivity contribution in [2.24, 2.45) is 0 Å². The van der Waals surface area contributed by atoms with Crippen LogP contribution in [0, 0.1) is 0 Å². The number of aliphatic hydroxyl groups excluding tert-OH is 1. The van der Waals surface area contributed by atoms with Gasteiger partial charge in [0, 0.05) is 31.9 Å².